The number of aliphatic hydroxyl groups is 1. The number of hydrogen-bond acceptors (Lipinski definition) is 6. The molecule has 3 aromatic rings. The van der Waals surface area contributed by atoms with Gasteiger partial charge in [0.15, 0.2) is 5.60 Å². The molecule has 0 unspecified atom stereocenters. The Balaban J connectivity index is 1.59. The van der Waals surface area contributed by atoms with Crippen LogP contribution in [0, 0.1) is 0 Å². The molecule has 2 aliphatic heterocycles. The van der Waals surface area contributed by atoms with Gasteiger partial charge >= 0.3 is 5.97 Å². The third-order valence-corrected chi connectivity index (χ3v) is 7.29. The molecule has 1 atom stereocenters. The van der Waals surface area contributed by atoms with Crippen molar-refractivity contribution >= 4 is 22.8 Å². The number of benzene rings is 1. The monoisotopic (exact) mass is 475 g/mol. The molecule has 8 nitrogen and oxygen atoms in total. The Hall–Kier alpha value is -3.52. The number of nitrogens with zero attached hydrogens (tertiary/aromatic N) is 3. The van der Waals surface area contributed by atoms with Gasteiger partial charge in [-0.3, -0.25) is 9.59 Å². The topological polar surface area (TPSA) is 102 Å². The molecular weight excluding hydrogens is 446 g/mol. The Kier molecular flexibility index (Phi) is 5.51. The standard InChI is InChI=1S/C27H29N3O5/c1-5-27(34)21-12-23-24-18(13-30(23)25(32)20(21)14-35-26(27)33)11-19-17(7-6-8-22(19)28-24)9-10-29(15(2)3)16(4)31/h6-8,11-12,15,34H,5,9-10,13-14H2,1-4H3/t27-/m0/s1. The number of ether oxygens (including phenoxy) is 1. The molecule has 2 aliphatic rings. The Morgan fingerprint density at radius 3 is 2.74 bits per heavy atom. The highest BCUT2D eigenvalue weighted by atomic mass is 16.6. The van der Waals surface area contributed by atoms with Crippen molar-refractivity contribution in [1.29, 1.82) is 0 Å². The fourth-order valence-corrected chi connectivity index (χ4v) is 5.30. The van der Waals surface area contributed by atoms with Crippen molar-refractivity contribution in [2.75, 3.05) is 6.54 Å². The molecule has 0 bridgehead atoms. The first-order valence-electron chi connectivity index (χ1n) is 12.0. The number of pyridine rings is 2. The molecule has 8 heteroatoms. The second-order valence-corrected chi connectivity index (χ2v) is 9.64. The van der Waals surface area contributed by atoms with Gasteiger partial charge in [-0.15, -0.1) is 0 Å². The van der Waals surface area contributed by atoms with Crippen LogP contribution >= 0.6 is 0 Å². The maximum Gasteiger partial charge on any atom is 0.343 e. The number of carbonyl (C=O) groups is 2. The SMILES string of the molecule is CC[C@@]1(O)C(=O)OCc2c1cc1n(c2=O)Cc2cc3c(CCN(C(C)=O)C(C)C)cccc3nc2-1. The van der Waals surface area contributed by atoms with Gasteiger partial charge in [0.25, 0.3) is 5.56 Å². The number of hydrogen-bond donors (Lipinski definition) is 1. The second kappa shape index (κ2) is 8.30. The van der Waals surface area contributed by atoms with E-state index in [4.69, 9.17) is 9.72 Å². The van der Waals surface area contributed by atoms with Gasteiger partial charge in [0.05, 0.1) is 29.0 Å². The Morgan fingerprint density at radius 2 is 2.06 bits per heavy atom. The van der Waals surface area contributed by atoms with Crippen LogP contribution < -0.4 is 5.56 Å². The third kappa shape index (κ3) is 3.55. The van der Waals surface area contributed by atoms with Crippen LogP contribution in [0.2, 0.25) is 0 Å². The van der Waals surface area contributed by atoms with E-state index >= 15 is 0 Å². The number of amides is 1. The summed E-state index contributed by atoms with van der Waals surface area (Å²) in [5.41, 5.74) is 2.59. The quantitative estimate of drug-likeness (QED) is 0.446. The molecule has 0 spiro atoms. The molecule has 0 fully saturated rings. The van der Waals surface area contributed by atoms with Crippen LogP contribution in [0.15, 0.2) is 35.1 Å². The lowest BCUT2D eigenvalue weighted by molar-refractivity contribution is -0.172. The summed E-state index contributed by atoms with van der Waals surface area (Å²) >= 11 is 0. The zero-order valence-corrected chi connectivity index (χ0v) is 20.4. The van der Waals surface area contributed by atoms with Gasteiger partial charge in [-0.05, 0) is 50.5 Å². The van der Waals surface area contributed by atoms with Crippen LogP contribution in [0.1, 0.15) is 56.4 Å². The third-order valence-electron chi connectivity index (χ3n) is 7.29. The first-order valence-corrected chi connectivity index (χ1v) is 12.0. The van der Waals surface area contributed by atoms with Crippen molar-refractivity contribution in [2.45, 2.75) is 65.3 Å². The fraction of sp³-hybridized carbons (Fsp3) is 0.407. The first-order chi connectivity index (χ1) is 16.7. The van der Waals surface area contributed by atoms with Gasteiger partial charge in [-0.2, -0.15) is 0 Å². The lowest BCUT2D eigenvalue weighted by atomic mass is 9.86. The zero-order valence-electron chi connectivity index (χ0n) is 20.4. The van der Waals surface area contributed by atoms with Gasteiger partial charge in [-0.1, -0.05) is 19.1 Å². The molecule has 4 heterocycles. The summed E-state index contributed by atoms with van der Waals surface area (Å²) in [7, 11) is 0. The minimum absolute atomic E-state index is 0.0487. The van der Waals surface area contributed by atoms with E-state index in [1.807, 2.05) is 36.9 Å². The summed E-state index contributed by atoms with van der Waals surface area (Å²) in [5, 5.41) is 12.0. The summed E-state index contributed by atoms with van der Waals surface area (Å²) < 4.78 is 6.78. The number of fused-ring (bicyclic) bond motifs is 5. The Bertz CT molecular complexity index is 1440. The van der Waals surface area contributed by atoms with E-state index in [1.165, 1.54) is 0 Å². The van der Waals surface area contributed by atoms with Crippen molar-refractivity contribution < 1.29 is 19.4 Å². The molecule has 1 amide bonds. The normalized spacial score (nSPS) is 18.3. The average molecular weight is 476 g/mol. The van der Waals surface area contributed by atoms with Crippen LogP contribution in [0.3, 0.4) is 0 Å². The Morgan fingerprint density at radius 1 is 1.29 bits per heavy atom. The van der Waals surface area contributed by atoms with E-state index in [0.29, 0.717) is 42.0 Å². The number of cyclic esters (lactones) is 1. The molecule has 2 aromatic heterocycles. The average Bonchev–Trinajstić information content (AvgIpc) is 3.18. The van der Waals surface area contributed by atoms with Crippen LogP contribution in [-0.2, 0) is 39.5 Å². The summed E-state index contributed by atoms with van der Waals surface area (Å²) in [6.45, 7) is 8.11. The van der Waals surface area contributed by atoms with Crippen LogP contribution in [0.25, 0.3) is 22.3 Å². The van der Waals surface area contributed by atoms with Crippen LogP contribution in [-0.4, -0.2) is 44.0 Å². The zero-order chi connectivity index (χ0) is 25.1. The number of esters is 1. The molecule has 1 N–H and O–H groups in total. The first kappa shape index (κ1) is 23.2. The summed E-state index contributed by atoms with van der Waals surface area (Å²) in [5.74, 6) is -0.681. The predicted molar refractivity (Wildman–Crippen MR) is 131 cm³/mol. The van der Waals surface area contributed by atoms with Crippen molar-refractivity contribution in [3.8, 4) is 11.4 Å². The maximum atomic E-state index is 13.3. The lowest BCUT2D eigenvalue weighted by Crippen LogP contribution is -2.44. The fourth-order valence-electron chi connectivity index (χ4n) is 5.30. The molecule has 0 radical (unpaired) electrons. The lowest BCUT2D eigenvalue weighted by Gasteiger charge is -2.31. The predicted octanol–water partition coefficient (Wildman–Crippen LogP) is 2.88. The van der Waals surface area contributed by atoms with E-state index in [1.54, 1.807) is 24.5 Å². The van der Waals surface area contributed by atoms with Gasteiger partial charge < -0.3 is 19.3 Å². The smallest absolute Gasteiger partial charge is 0.343 e. The highest BCUT2D eigenvalue weighted by Crippen LogP contribution is 2.38. The van der Waals surface area contributed by atoms with Crippen molar-refractivity contribution in [1.82, 2.24) is 14.5 Å². The molecule has 5 rings (SSSR count). The van der Waals surface area contributed by atoms with E-state index in [-0.39, 0.29) is 30.5 Å². The minimum Gasteiger partial charge on any atom is -0.458 e. The number of aromatic nitrogens is 2. The van der Waals surface area contributed by atoms with E-state index in [2.05, 4.69) is 6.07 Å². The van der Waals surface area contributed by atoms with Crippen molar-refractivity contribution in [3.63, 3.8) is 0 Å². The molecule has 0 saturated heterocycles. The van der Waals surface area contributed by atoms with E-state index < -0.39 is 11.6 Å². The highest BCUT2D eigenvalue weighted by Gasteiger charge is 2.45. The molecule has 0 aliphatic carbocycles. The summed E-state index contributed by atoms with van der Waals surface area (Å²) in [4.78, 5) is 44.5. The van der Waals surface area contributed by atoms with Crippen molar-refractivity contribution in [3.05, 3.63) is 62.9 Å². The molecule has 35 heavy (non-hydrogen) atoms. The Labute approximate surface area is 203 Å². The number of rotatable bonds is 5. The number of carbonyl (C=O) groups excluding carboxylic acids is 2. The molecular formula is C27H29N3O5. The maximum absolute atomic E-state index is 13.3. The summed E-state index contributed by atoms with van der Waals surface area (Å²) in [6.07, 6.45) is 0.802. The van der Waals surface area contributed by atoms with Gasteiger partial charge in [0, 0.05) is 36.0 Å². The largest absolute Gasteiger partial charge is 0.458 e. The molecule has 0 saturated carbocycles. The van der Waals surface area contributed by atoms with Crippen LogP contribution in [0.5, 0.6) is 0 Å². The summed E-state index contributed by atoms with van der Waals surface area (Å²) in [6, 6.07) is 9.85. The molecule has 182 valence electrons. The van der Waals surface area contributed by atoms with E-state index in [9.17, 15) is 19.5 Å². The highest BCUT2D eigenvalue weighted by molar-refractivity contribution is 5.88. The van der Waals surface area contributed by atoms with Gasteiger partial charge in [0.1, 0.15) is 6.61 Å². The van der Waals surface area contributed by atoms with Gasteiger partial charge in [-0.25, -0.2) is 9.78 Å². The van der Waals surface area contributed by atoms with E-state index in [0.717, 1.165) is 22.0 Å². The van der Waals surface area contributed by atoms with Gasteiger partial charge in [0.2, 0.25) is 5.91 Å². The second-order valence-electron chi connectivity index (χ2n) is 9.64. The molecule has 1 aromatic carbocycles. The minimum atomic E-state index is -1.84. The van der Waals surface area contributed by atoms with Crippen LogP contribution in [0.4, 0.5) is 0 Å². The van der Waals surface area contributed by atoms with Crippen molar-refractivity contribution in [2.24, 2.45) is 0 Å².